The summed E-state index contributed by atoms with van der Waals surface area (Å²) in [6.45, 7) is 9.88. The quantitative estimate of drug-likeness (QED) is 0.283. The largest absolute Gasteiger partial charge is 0.491 e. The van der Waals surface area contributed by atoms with Gasteiger partial charge >= 0.3 is 5.97 Å². The maximum absolute atomic E-state index is 14.6. The number of hydrogen-bond donors (Lipinski definition) is 0. The summed E-state index contributed by atoms with van der Waals surface area (Å²) in [6.07, 6.45) is 7.97. The number of rotatable bonds is 8. The van der Waals surface area contributed by atoms with Crippen molar-refractivity contribution in [3.05, 3.63) is 53.2 Å². The number of benzene rings is 1. The van der Waals surface area contributed by atoms with Crippen LogP contribution in [0.5, 0.6) is 5.75 Å². The van der Waals surface area contributed by atoms with E-state index in [1.165, 1.54) is 6.07 Å². The first-order valence-corrected chi connectivity index (χ1v) is 14.9. The zero-order valence-corrected chi connectivity index (χ0v) is 24.8. The number of carbonyl (C=O) groups is 2. The minimum atomic E-state index is -0.835. The predicted molar refractivity (Wildman–Crippen MR) is 154 cm³/mol. The Morgan fingerprint density at radius 3 is 2.56 bits per heavy atom. The van der Waals surface area contributed by atoms with Gasteiger partial charge in [-0.25, -0.2) is 14.4 Å². The van der Waals surface area contributed by atoms with Gasteiger partial charge in [0, 0.05) is 18.2 Å². The SMILES string of the molecule is CC(C)Oc1ccc(C2CCCC2)c(C(=O)N2CCCC[C@@]2(C)c2nc3ncc(F)cc3n2COC(=O)C(C)C)c1. The van der Waals surface area contributed by atoms with E-state index in [4.69, 9.17) is 14.5 Å². The molecular formula is C32H41FN4O4. The van der Waals surface area contributed by atoms with Gasteiger partial charge in [0.1, 0.15) is 17.4 Å². The minimum absolute atomic E-state index is 0.0168. The van der Waals surface area contributed by atoms with Crippen LogP contribution in [0.2, 0.25) is 0 Å². The third kappa shape index (κ3) is 5.81. The number of carbonyl (C=O) groups excluding carboxylic acids is 2. The van der Waals surface area contributed by atoms with E-state index in [2.05, 4.69) is 11.1 Å². The molecule has 1 saturated heterocycles. The Hall–Kier alpha value is -3.49. The number of fused-ring (bicyclic) bond motifs is 1. The fourth-order valence-electron chi connectivity index (χ4n) is 6.30. The van der Waals surface area contributed by atoms with Gasteiger partial charge in [0.15, 0.2) is 12.4 Å². The Morgan fingerprint density at radius 1 is 1.10 bits per heavy atom. The van der Waals surface area contributed by atoms with Crippen LogP contribution in [0.1, 0.15) is 107 Å². The number of piperidine rings is 1. The van der Waals surface area contributed by atoms with E-state index in [0.29, 0.717) is 47.2 Å². The molecule has 3 aromatic rings. The van der Waals surface area contributed by atoms with Gasteiger partial charge < -0.3 is 14.4 Å². The summed E-state index contributed by atoms with van der Waals surface area (Å²) < 4.78 is 27.7. The van der Waals surface area contributed by atoms with Crippen molar-refractivity contribution >= 4 is 23.0 Å². The highest BCUT2D eigenvalue weighted by molar-refractivity contribution is 5.97. The molecule has 220 valence electrons. The molecule has 0 unspecified atom stereocenters. The summed E-state index contributed by atoms with van der Waals surface area (Å²) in [7, 11) is 0. The highest BCUT2D eigenvalue weighted by atomic mass is 19.1. The van der Waals surface area contributed by atoms with Gasteiger partial charge in [-0.05, 0) is 76.5 Å². The number of ether oxygens (including phenoxy) is 2. The molecule has 2 aliphatic rings. The Kier molecular flexibility index (Phi) is 8.34. The lowest BCUT2D eigenvalue weighted by Crippen LogP contribution is -2.52. The van der Waals surface area contributed by atoms with Gasteiger partial charge in [0.05, 0.1) is 29.3 Å². The molecular weight excluding hydrogens is 523 g/mol. The molecule has 5 rings (SSSR count). The molecule has 1 aliphatic heterocycles. The molecule has 0 bridgehead atoms. The Morgan fingerprint density at radius 2 is 1.85 bits per heavy atom. The first kappa shape index (κ1) is 29.0. The first-order valence-electron chi connectivity index (χ1n) is 14.9. The number of amides is 1. The highest BCUT2D eigenvalue weighted by Crippen LogP contribution is 2.42. The number of halogens is 1. The van der Waals surface area contributed by atoms with E-state index in [1.807, 2.05) is 37.8 Å². The number of esters is 1. The molecule has 0 spiro atoms. The van der Waals surface area contributed by atoms with Crippen molar-refractivity contribution in [3.63, 3.8) is 0 Å². The van der Waals surface area contributed by atoms with Crippen LogP contribution in [0.25, 0.3) is 11.2 Å². The predicted octanol–water partition coefficient (Wildman–Crippen LogP) is 6.71. The lowest BCUT2D eigenvalue weighted by Gasteiger charge is -2.44. The van der Waals surface area contributed by atoms with E-state index in [-0.39, 0.29) is 30.6 Å². The summed E-state index contributed by atoms with van der Waals surface area (Å²) in [6, 6.07) is 7.29. The molecule has 9 heteroatoms. The number of pyridine rings is 1. The lowest BCUT2D eigenvalue weighted by molar-refractivity contribution is -0.151. The van der Waals surface area contributed by atoms with Gasteiger partial charge in [0.25, 0.3) is 5.91 Å². The van der Waals surface area contributed by atoms with E-state index >= 15 is 0 Å². The number of imidazole rings is 1. The summed E-state index contributed by atoms with van der Waals surface area (Å²) in [5.41, 5.74) is 1.68. The standard InChI is InChI=1S/C32H41FN4O4/c1-20(2)30(39)40-19-36-27-16-23(33)18-34-28(27)35-31(36)32(5)14-8-9-15-37(32)29(38)26-17-24(41-21(3)4)12-13-25(26)22-10-6-7-11-22/h12-13,16-18,20-22H,6-11,14-15,19H2,1-5H3/t32-/m0/s1. The number of hydrogen-bond acceptors (Lipinski definition) is 6. The zero-order valence-electron chi connectivity index (χ0n) is 24.8. The molecule has 1 saturated carbocycles. The topological polar surface area (TPSA) is 86.6 Å². The van der Waals surface area contributed by atoms with Gasteiger partial charge in [-0.2, -0.15) is 0 Å². The Labute approximate surface area is 241 Å². The number of nitrogens with zero attached hydrogens (tertiary/aromatic N) is 4. The van der Waals surface area contributed by atoms with Crippen molar-refractivity contribution in [2.24, 2.45) is 5.92 Å². The van der Waals surface area contributed by atoms with E-state index in [9.17, 15) is 14.0 Å². The molecule has 1 atom stereocenters. The Balaban J connectivity index is 1.60. The van der Waals surface area contributed by atoms with Crippen LogP contribution < -0.4 is 4.74 Å². The van der Waals surface area contributed by atoms with Gasteiger partial charge in [-0.1, -0.05) is 32.8 Å². The molecule has 1 aromatic carbocycles. The minimum Gasteiger partial charge on any atom is -0.491 e. The van der Waals surface area contributed by atoms with Crippen LogP contribution in [0.15, 0.2) is 30.5 Å². The summed E-state index contributed by atoms with van der Waals surface area (Å²) in [4.78, 5) is 38.0. The van der Waals surface area contributed by atoms with E-state index in [0.717, 1.165) is 50.3 Å². The fourth-order valence-corrected chi connectivity index (χ4v) is 6.30. The third-order valence-corrected chi connectivity index (χ3v) is 8.42. The average molecular weight is 565 g/mol. The molecule has 3 heterocycles. The summed E-state index contributed by atoms with van der Waals surface area (Å²) >= 11 is 0. The molecule has 8 nitrogen and oxygen atoms in total. The first-order chi connectivity index (χ1) is 19.6. The van der Waals surface area contributed by atoms with Crippen molar-refractivity contribution in [1.29, 1.82) is 0 Å². The third-order valence-electron chi connectivity index (χ3n) is 8.42. The van der Waals surface area contributed by atoms with Crippen LogP contribution in [-0.4, -0.2) is 44.0 Å². The van der Waals surface area contributed by atoms with Crippen LogP contribution >= 0.6 is 0 Å². The fraction of sp³-hybridized carbons (Fsp3) is 0.562. The molecule has 1 amide bonds. The summed E-state index contributed by atoms with van der Waals surface area (Å²) in [5, 5.41) is 0. The Bertz CT molecular complexity index is 1430. The van der Waals surface area contributed by atoms with Crippen molar-refractivity contribution in [3.8, 4) is 5.75 Å². The molecule has 1 aliphatic carbocycles. The van der Waals surface area contributed by atoms with Crippen LogP contribution in [0.3, 0.4) is 0 Å². The maximum atomic E-state index is 14.6. The van der Waals surface area contributed by atoms with Crippen LogP contribution in [0.4, 0.5) is 4.39 Å². The molecule has 2 fully saturated rings. The zero-order chi connectivity index (χ0) is 29.3. The van der Waals surface area contributed by atoms with Gasteiger partial charge in [0.2, 0.25) is 0 Å². The maximum Gasteiger partial charge on any atom is 0.310 e. The highest BCUT2D eigenvalue weighted by Gasteiger charge is 2.44. The molecule has 0 N–H and O–H groups in total. The molecule has 2 aromatic heterocycles. The van der Waals surface area contributed by atoms with Crippen LogP contribution in [-0.2, 0) is 21.8 Å². The average Bonchev–Trinajstić information content (AvgIpc) is 3.60. The molecule has 0 radical (unpaired) electrons. The second-order valence-corrected chi connectivity index (χ2v) is 12.2. The van der Waals surface area contributed by atoms with Crippen molar-refractivity contribution in [1.82, 2.24) is 19.4 Å². The second kappa shape index (κ2) is 11.8. The van der Waals surface area contributed by atoms with Gasteiger partial charge in [-0.15, -0.1) is 0 Å². The normalized spacial score (nSPS) is 19.9. The number of likely N-dealkylation sites (tertiary alicyclic amines) is 1. The van der Waals surface area contributed by atoms with Crippen molar-refractivity contribution in [2.75, 3.05) is 6.54 Å². The van der Waals surface area contributed by atoms with Crippen molar-refractivity contribution in [2.45, 2.75) is 104 Å². The van der Waals surface area contributed by atoms with Gasteiger partial charge in [-0.3, -0.25) is 14.2 Å². The number of aromatic nitrogens is 3. The van der Waals surface area contributed by atoms with E-state index < -0.39 is 11.4 Å². The smallest absolute Gasteiger partial charge is 0.310 e. The molecule has 41 heavy (non-hydrogen) atoms. The second-order valence-electron chi connectivity index (χ2n) is 12.2. The van der Waals surface area contributed by atoms with E-state index in [1.54, 1.807) is 18.4 Å². The summed E-state index contributed by atoms with van der Waals surface area (Å²) in [5.74, 6) is 0.284. The van der Waals surface area contributed by atoms with Crippen LogP contribution in [0, 0.1) is 11.7 Å². The monoisotopic (exact) mass is 564 g/mol. The lowest BCUT2D eigenvalue weighted by atomic mass is 9.85. The van der Waals surface area contributed by atoms with Crippen molar-refractivity contribution < 1.29 is 23.5 Å².